The van der Waals surface area contributed by atoms with Crippen molar-refractivity contribution in [1.82, 2.24) is 10.3 Å². The SMILES string of the molecule is CCNCc1ccc(Oc2ccccc2Br)nc1C. The highest BCUT2D eigenvalue weighted by Gasteiger charge is 2.05. The van der Waals surface area contributed by atoms with Crippen LogP contribution >= 0.6 is 15.9 Å². The van der Waals surface area contributed by atoms with Crippen LogP contribution < -0.4 is 10.1 Å². The molecule has 2 rings (SSSR count). The number of nitrogens with one attached hydrogen (secondary N) is 1. The van der Waals surface area contributed by atoms with Gasteiger partial charge in [-0.2, -0.15) is 0 Å². The van der Waals surface area contributed by atoms with E-state index in [4.69, 9.17) is 4.74 Å². The average molecular weight is 321 g/mol. The zero-order chi connectivity index (χ0) is 13.7. The number of halogens is 1. The summed E-state index contributed by atoms with van der Waals surface area (Å²) in [6, 6.07) is 11.7. The quantitative estimate of drug-likeness (QED) is 0.902. The van der Waals surface area contributed by atoms with Crippen molar-refractivity contribution in [3.8, 4) is 11.6 Å². The van der Waals surface area contributed by atoms with E-state index in [9.17, 15) is 0 Å². The second-order valence-corrected chi connectivity index (χ2v) is 5.06. The van der Waals surface area contributed by atoms with Gasteiger partial charge in [-0.15, -0.1) is 0 Å². The first-order valence-electron chi connectivity index (χ1n) is 6.30. The van der Waals surface area contributed by atoms with Gasteiger partial charge in [0.2, 0.25) is 5.88 Å². The molecule has 1 heterocycles. The van der Waals surface area contributed by atoms with Crippen LogP contribution in [0, 0.1) is 6.92 Å². The fraction of sp³-hybridized carbons (Fsp3) is 0.267. The van der Waals surface area contributed by atoms with E-state index in [0.29, 0.717) is 5.88 Å². The van der Waals surface area contributed by atoms with Crippen LogP contribution in [0.25, 0.3) is 0 Å². The standard InChI is InChI=1S/C15H17BrN2O/c1-3-17-10-12-8-9-15(18-11(12)2)19-14-7-5-4-6-13(14)16/h4-9,17H,3,10H2,1-2H3. The second-order valence-electron chi connectivity index (χ2n) is 4.21. The summed E-state index contributed by atoms with van der Waals surface area (Å²) < 4.78 is 6.69. The molecule has 1 aromatic heterocycles. The Morgan fingerprint density at radius 2 is 2.00 bits per heavy atom. The second kappa shape index (κ2) is 6.68. The van der Waals surface area contributed by atoms with E-state index in [0.717, 1.165) is 29.0 Å². The van der Waals surface area contributed by atoms with Crippen LogP contribution in [0.5, 0.6) is 11.6 Å². The number of para-hydroxylation sites is 1. The summed E-state index contributed by atoms with van der Waals surface area (Å²) in [5, 5.41) is 3.30. The fourth-order valence-corrected chi connectivity index (χ4v) is 2.08. The minimum Gasteiger partial charge on any atom is -0.438 e. The highest BCUT2D eigenvalue weighted by Crippen LogP contribution is 2.28. The smallest absolute Gasteiger partial charge is 0.219 e. The maximum atomic E-state index is 5.77. The van der Waals surface area contributed by atoms with Gasteiger partial charge in [-0.05, 0) is 47.1 Å². The molecule has 0 radical (unpaired) electrons. The molecule has 3 nitrogen and oxygen atoms in total. The largest absolute Gasteiger partial charge is 0.438 e. The van der Waals surface area contributed by atoms with Gasteiger partial charge in [0.25, 0.3) is 0 Å². The number of benzene rings is 1. The van der Waals surface area contributed by atoms with E-state index in [1.165, 1.54) is 5.56 Å². The van der Waals surface area contributed by atoms with Crippen molar-refractivity contribution in [1.29, 1.82) is 0 Å². The molecule has 0 unspecified atom stereocenters. The van der Waals surface area contributed by atoms with E-state index in [1.54, 1.807) is 0 Å². The van der Waals surface area contributed by atoms with Gasteiger partial charge in [-0.3, -0.25) is 0 Å². The summed E-state index contributed by atoms with van der Waals surface area (Å²) in [4.78, 5) is 4.48. The molecule has 100 valence electrons. The number of rotatable bonds is 5. The summed E-state index contributed by atoms with van der Waals surface area (Å²) in [7, 11) is 0. The number of hydrogen-bond donors (Lipinski definition) is 1. The maximum absolute atomic E-state index is 5.77. The van der Waals surface area contributed by atoms with Gasteiger partial charge in [0.1, 0.15) is 5.75 Å². The predicted octanol–water partition coefficient (Wildman–Crippen LogP) is 4.05. The van der Waals surface area contributed by atoms with Crippen molar-refractivity contribution in [2.75, 3.05) is 6.54 Å². The Hall–Kier alpha value is -1.39. The number of nitrogens with zero attached hydrogens (tertiary/aromatic N) is 1. The summed E-state index contributed by atoms with van der Waals surface area (Å²) in [6.07, 6.45) is 0. The Kier molecular flexibility index (Phi) is 4.93. The van der Waals surface area contributed by atoms with Crippen LogP contribution in [0.3, 0.4) is 0 Å². The Bertz CT molecular complexity index is 558. The van der Waals surface area contributed by atoms with Crippen LogP contribution in [0.2, 0.25) is 0 Å². The van der Waals surface area contributed by atoms with Crippen molar-refractivity contribution in [2.24, 2.45) is 0 Å². The number of ether oxygens (including phenoxy) is 1. The molecule has 1 aromatic carbocycles. The molecule has 2 aromatic rings. The minimum atomic E-state index is 0.615. The summed E-state index contributed by atoms with van der Waals surface area (Å²) in [6.45, 7) is 5.88. The zero-order valence-electron chi connectivity index (χ0n) is 11.1. The Morgan fingerprint density at radius 1 is 1.21 bits per heavy atom. The topological polar surface area (TPSA) is 34.1 Å². The van der Waals surface area contributed by atoms with Crippen LogP contribution in [-0.4, -0.2) is 11.5 Å². The van der Waals surface area contributed by atoms with E-state index in [2.05, 4.69) is 39.2 Å². The predicted molar refractivity (Wildman–Crippen MR) is 80.6 cm³/mol. The van der Waals surface area contributed by atoms with Gasteiger partial charge in [0, 0.05) is 18.3 Å². The van der Waals surface area contributed by atoms with Crippen molar-refractivity contribution < 1.29 is 4.74 Å². The van der Waals surface area contributed by atoms with E-state index in [1.807, 2.05) is 37.3 Å². The number of aryl methyl sites for hydroxylation is 1. The third-order valence-corrected chi connectivity index (χ3v) is 3.44. The monoisotopic (exact) mass is 320 g/mol. The van der Waals surface area contributed by atoms with Crippen molar-refractivity contribution in [3.05, 3.63) is 52.1 Å². The Morgan fingerprint density at radius 3 is 2.68 bits per heavy atom. The first-order chi connectivity index (χ1) is 9.20. The van der Waals surface area contributed by atoms with Gasteiger partial charge in [0.15, 0.2) is 0 Å². The number of pyridine rings is 1. The molecule has 0 saturated carbocycles. The third-order valence-electron chi connectivity index (χ3n) is 2.79. The van der Waals surface area contributed by atoms with Crippen molar-refractivity contribution in [3.63, 3.8) is 0 Å². The first kappa shape index (κ1) is 14.0. The normalized spacial score (nSPS) is 10.5. The lowest BCUT2D eigenvalue weighted by Gasteiger charge is -2.10. The maximum Gasteiger partial charge on any atom is 0.219 e. The van der Waals surface area contributed by atoms with E-state index < -0.39 is 0 Å². The Balaban J connectivity index is 2.14. The average Bonchev–Trinajstić information content (AvgIpc) is 2.40. The van der Waals surface area contributed by atoms with Crippen LogP contribution in [-0.2, 0) is 6.54 Å². The van der Waals surface area contributed by atoms with Crippen LogP contribution in [0.4, 0.5) is 0 Å². The van der Waals surface area contributed by atoms with Crippen molar-refractivity contribution >= 4 is 15.9 Å². The van der Waals surface area contributed by atoms with Gasteiger partial charge in [-0.25, -0.2) is 4.98 Å². The zero-order valence-corrected chi connectivity index (χ0v) is 12.7. The molecule has 0 atom stereocenters. The molecule has 0 spiro atoms. The molecule has 0 saturated heterocycles. The van der Waals surface area contributed by atoms with Crippen molar-refractivity contribution in [2.45, 2.75) is 20.4 Å². The van der Waals surface area contributed by atoms with Gasteiger partial charge in [-0.1, -0.05) is 25.1 Å². The molecule has 19 heavy (non-hydrogen) atoms. The van der Waals surface area contributed by atoms with E-state index in [-0.39, 0.29) is 0 Å². The molecule has 0 bridgehead atoms. The lowest BCUT2D eigenvalue weighted by Crippen LogP contribution is -2.13. The van der Waals surface area contributed by atoms with Crippen LogP contribution in [0.15, 0.2) is 40.9 Å². The van der Waals surface area contributed by atoms with Crippen LogP contribution in [0.1, 0.15) is 18.2 Å². The fourth-order valence-electron chi connectivity index (χ4n) is 1.71. The lowest BCUT2D eigenvalue weighted by molar-refractivity contribution is 0.458. The lowest BCUT2D eigenvalue weighted by atomic mass is 10.2. The highest BCUT2D eigenvalue weighted by molar-refractivity contribution is 9.10. The van der Waals surface area contributed by atoms with Gasteiger partial charge < -0.3 is 10.1 Å². The van der Waals surface area contributed by atoms with Gasteiger partial charge >= 0.3 is 0 Å². The third kappa shape index (κ3) is 3.78. The molecule has 0 aliphatic rings. The molecule has 1 N–H and O–H groups in total. The number of aromatic nitrogens is 1. The summed E-state index contributed by atoms with van der Waals surface area (Å²) in [5.74, 6) is 1.39. The number of hydrogen-bond acceptors (Lipinski definition) is 3. The first-order valence-corrected chi connectivity index (χ1v) is 7.09. The molecule has 0 fully saturated rings. The molecular weight excluding hydrogens is 304 g/mol. The molecular formula is C15H17BrN2O. The van der Waals surface area contributed by atoms with Gasteiger partial charge in [0.05, 0.1) is 4.47 Å². The molecule has 0 aliphatic carbocycles. The molecule has 4 heteroatoms. The summed E-state index contributed by atoms with van der Waals surface area (Å²) in [5.41, 5.74) is 2.19. The van der Waals surface area contributed by atoms with E-state index >= 15 is 0 Å². The Labute approximate surface area is 122 Å². The molecule has 0 aliphatic heterocycles. The summed E-state index contributed by atoms with van der Waals surface area (Å²) >= 11 is 3.46. The highest BCUT2D eigenvalue weighted by atomic mass is 79.9. The molecule has 0 amide bonds. The minimum absolute atomic E-state index is 0.615.